The molecule has 0 bridgehead atoms. The number of hydrogen-bond donors (Lipinski definition) is 1. The van der Waals surface area contributed by atoms with Crippen LogP contribution in [0.1, 0.15) is 23.6 Å². The first kappa shape index (κ1) is 23.5. The first-order valence-corrected chi connectivity index (χ1v) is 11.4. The minimum absolute atomic E-state index is 0.0119. The van der Waals surface area contributed by atoms with Gasteiger partial charge in [0.2, 0.25) is 0 Å². The summed E-state index contributed by atoms with van der Waals surface area (Å²) in [5.74, 6) is 0.337. The van der Waals surface area contributed by atoms with Gasteiger partial charge in [-0.25, -0.2) is 4.68 Å². The summed E-state index contributed by atoms with van der Waals surface area (Å²) in [6, 6.07) is 25.0. The van der Waals surface area contributed by atoms with E-state index in [1.165, 1.54) is 0 Å². The van der Waals surface area contributed by atoms with Crippen molar-refractivity contribution in [1.29, 1.82) is 5.26 Å². The fraction of sp³-hybridized carbons (Fsp3) is 0.138. The summed E-state index contributed by atoms with van der Waals surface area (Å²) in [7, 11) is 0. The number of nitrogens with zero attached hydrogens (tertiary/aromatic N) is 3. The molecule has 0 fully saturated rings. The minimum atomic E-state index is -0.474. The summed E-state index contributed by atoms with van der Waals surface area (Å²) < 4.78 is 7.43. The first-order valence-electron chi connectivity index (χ1n) is 11.4. The number of carbonyl (C=O) groups is 1. The molecule has 0 radical (unpaired) electrons. The maximum absolute atomic E-state index is 12.9. The van der Waals surface area contributed by atoms with Gasteiger partial charge in [0.1, 0.15) is 23.1 Å². The Kier molecular flexibility index (Phi) is 7.08. The van der Waals surface area contributed by atoms with E-state index in [1.807, 2.05) is 106 Å². The normalized spacial score (nSPS) is 11.1. The Labute approximate surface area is 205 Å². The van der Waals surface area contributed by atoms with Crippen LogP contribution in [0.2, 0.25) is 0 Å². The van der Waals surface area contributed by atoms with Gasteiger partial charge in [0.25, 0.3) is 5.91 Å². The number of anilines is 1. The van der Waals surface area contributed by atoms with Crippen molar-refractivity contribution in [3.63, 3.8) is 0 Å². The number of nitrogens with one attached hydrogen (secondary N) is 1. The van der Waals surface area contributed by atoms with Gasteiger partial charge < -0.3 is 10.1 Å². The van der Waals surface area contributed by atoms with Crippen molar-refractivity contribution in [3.05, 3.63) is 101 Å². The highest BCUT2D eigenvalue weighted by Gasteiger charge is 2.16. The lowest BCUT2D eigenvalue weighted by atomic mass is 10.0. The van der Waals surface area contributed by atoms with Crippen molar-refractivity contribution in [3.8, 4) is 28.8 Å². The van der Waals surface area contributed by atoms with Gasteiger partial charge in [-0.15, -0.1) is 0 Å². The number of hydrogen-bond acceptors (Lipinski definition) is 4. The lowest BCUT2D eigenvalue weighted by Gasteiger charge is -2.09. The van der Waals surface area contributed by atoms with Crippen LogP contribution in [0.5, 0.6) is 5.75 Å². The molecule has 0 saturated heterocycles. The lowest BCUT2D eigenvalue weighted by molar-refractivity contribution is -0.112. The molecule has 3 aromatic carbocycles. The molecule has 1 N–H and O–H groups in total. The highest BCUT2D eigenvalue weighted by atomic mass is 16.5. The largest absolute Gasteiger partial charge is 0.494 e. The molecule has 0 spiro atoms. The quantitative estimate of drug-likeness (QED) is 0.266. The summed E-state index contributed by atoms with van der Waals surface area (Å²) in [6.45, 7) is 6.48. The zero-order chi connectivity index (χ0) is 24.8. The van der Waals surface area contributed by atoms with E-state index in [1.54, 1.807) is 10.8 Å². The highest BCUT2D eigenvalue weighted by Crippen LogP contribution is 2.30. The Hall–Kier alpha value is -4.63. The van der Waals surface area contributed by atoms with E-state index in [2.05, 4.69) is 5.32 Å². The first-order chi connectivity index (χ1) is 17.0. The van der Waals surface area contributed by atoms with E-state index < -0.39 is 5.91 Å². The molecule has 1 amide bonds. The molecule has 35 heavy (non-hydrogen) atoms. The predicted octanol–water partition coefficient (Wildman–Crippen LogP) is 6.10. The van der Waals surface area contributed by atoms with Crippen molar-refractivity contribution in [2.45, 2.75) is 20.8 Å². The van der Waals surface area contributed by atoms with Gasteiger partial charge in [-0.2, -0.15) is 10.4 Å². The average Bonchev–Trinajstić information content (AvgIpc) is 3.29. The molecule has 6 heteroatoms. The fourth-order valence-electron chi connectivity index (χ4n) is 3.68. The number of amides is 1. The Morgan fingerprint density at radius 1 is 1.09 bits per heavy atom. The second-order valence-corrected chi connectivity index (χ2v) is 8.12. The second kappa shape index (κ2) is 10.5. The van der Waals surface area contributed by atoms with Gasteiger partial charge >= 0.3 is 0 Å². The van der Waals surface area contributed by atoms with Crippen molar-refractivity contribution >= 4 is 17.7 Å². The number of carbonyl (C=O) groups excluding carboxylic acids is 1. The van der Waals surface area contributed by atoms with Crippen LogP contribution in [0.25, 0.3) is 23.0 Å². The number of aryl methyl sites for hydroxylation is 2. The average molecular weight is 463 g/mol. The third kappa shape index (κ3) is 5.48. The zero-order valence-corrected chi connectivity index (χ0v) is 19.9. The van der Waals surface area contributed by atoms with Crippen LogP contribution in [-0.2, 0) is 4.79 Å². The van der Waals surface area contributed by atoms with E-state index in [-0.39, 0.29) is 5.57 Å². The molecule has 0 aliphatic carbocycles. The summed E-state index contributed by atoms with van der Waals surface area (Å²) in [5, 5.41) is 17.4. The Morgan fingerprint density at radius 2 is 1.83 bits per heavy atom. The van der Waals surface area contributed by atoms with E-state index in [4.69, 9.17) is 9.84 Å². The van der Waals surface area contributed by atoms with E-state index in [9.17, 15) is 10.1 Å². The highest BCUT2D eigenvalue weighted by molar-refractivity contribution is 6.10. The molecule has 1 aromatic heterocycles. The maximum Gasteiger partial charge on any atom is 0.266 e. The molecule has 1 heterocycles. The van der Waals surface area contributed by atoms with Crippen LogP contribution in [0.15, 0.2) is 84.6 Å². The van der Waals surface area contributed by atoms with Crippen LogP contribution in [0.4, 0.5) is 5.69 Å². The molecule has 4 aromatic rings. The molecule has 0 atom stereocenters. The van der Waals surface area contributed by atoms with Crippen molar-refractivity contribution in [1.82, 2.24) is 9.78 Å². The number of rotatable bonds is 7. The predicted molar refractivity (Wildman–Crippen MR) is 138 cm³/mol. The van der Waals surface area contributed by atoms with Crippen molar-refractivity contribution in [2.75, 3.05) is 11.9 Å². The minimum Gasteiger partial charge on any atom is -0.494 e. The van der Waals surface area contributed by atoms with E-state index in [0.717, 1.165) is 28.1 Å². The third-order valence-corrected chi connectivity index (χ3v) is 5.49. The Balaban J connectivity index is 1.76. The van der Waals surface area contributed by atoms with Gasteiger partial charge in [0.05, 0.1) is 12.3 Å². The van der Waals surface area contributed by atoms with Gasteiger partial charge in [-0.05, 0) is 74.9 Å². The molecule has 0 aliphatic heterocycles. The summed E-state index contributed by atoms with van der Waals surface area (Å²) in [5.41, 5.74) is 5.74. The molecule has 174 valence electrons. The standard InChI is InChI=1S/C29H26N4O2/c1-4-35-27-15-12-22(16-21(27)3)28-24(19-33(32-28)26-8-6-5-7-9-26)17-23(18-30)29(34)31-25-13-10-20(2)11-14-25/h5-17,19H,4H2,1-3H3,(H,31,34). The van der Waals surface area contributed by atoms with Gasteiger partial charge in [-0.3, -0.25) is 4.79 Å². The Morgan fingerprint density at radius 3 is 2.49 bits per heavy atom. The molecule has 4 rings (SSSR count). The topological polar surface area (TPSA) is 79.9 Å². The van der Waals surface area contributed by atoms with E-state index in [0.29, 0.717) is 23.6 Å². The van der Waals surface area contributed by atoms with Crippen molar-refractivity contribution in [2.24, 2.45) is 0 Å². The van der Waals surface area contributed by atoms with Crippen LogP contribution >= 0.6 is 0 Å². The number of benzene rings is 3. The number of aromatic nitrogens is 2. The van der Waals surface area contributed by atoms with Gasteiger partial charge in [-0.1, -0.05) is 35.9 Å². The number of nitriles is 1. The zero-order valence-electron chi connectivity index (χ0n) is 19.9. The molecular weight excluding hydrogens is 436 g/mol. The second-order valence-electron chi connectivity index (χ2n) is 8.12. The SMILES string of the molecule is CCOc1ccc(-c2nn(-c3ccccc3)cc2C=C(C#N)C(=O)Nc2ccc(C)cc2)cc1C. The van der Waals surface area contributed by atoms with Crippen molar-refractivity contribution < 1.29 is 9.53 Å². The van der Waals surface area contributed by atoms with Crippen LogP contribution in [0, 0.1) is 25.2 Å². The van der Waals surface area contributed by atoms with Crippen LogP contribution in [-0.4, -0.2) is 22.3 Å². The number of para-hydroxylation sites is 1. The maximum atomic E-state index is 12.9. The third-order valence-electron chi connectivity index (χ3n) is 5.49. The summed E-state index contributed by atoms with van der Waals surface area (Å²) >= 11 is 0. The van der Waals surface area contributed by atoms with Crippen LogP contribution < -0.4 is 10.1 Å². The summed E-state index contributed by atoms with van der Waals surface area (Å²) in [6.07, 6.45) is 3.41. The molecule has 0 unspecified atom stereocenters. The van der Waals surface area contributed by atoms with Gasteiger partial charge in [0.15, 0.2) is 0 Å². The van der Waals surface area contributed by atoms with Gasteiger partial charge in [0, 0.05) is 23.0 Å². The van der Waals surface area contributed by atoms with Crippen LogP contribution in [0.3, 0.4) is 0 Å². The summed E-state index contributed by atoms with van der Waals surface area (Å²) in [4.78, 5) is 12.9. The monoisotopic (exact) mass is 462 g/mol. The fourth-order valence-corrected chi connectivity index (χ4v) is 3.68. The molecule has 6 nitrogen and oxygen atoms in total. The lowest BCUT2D eigenvalue weighted by Crippen LogP contribution is -2.13. The Bertz CT molecular complexity index is 1410. The van der Waals surface area contributed by atoms with E-state index >= 15 is 0 Å². The molecule has 0 aliphatic rings. The smallest absolute Gasteiger partial charge is 0.266 e. The molecule has 0 saturated carbocycles. The number of ether oxygens (including phenoxy) is 1. The molecular formula is C29H26N4O2.